The number of urea groups is 1. The average molecular weight is 311 g/mol. The molecule has 0 bridgehead atoms. The fourth-order valence-electron chi connectivity index (χ4n) is 1.78. The lowest BCUT2D eigenvalue weighted by atomic mass is 10.2. The van der Waals surface area contributed by atoms with Crippen LogP contribution in [-0.2, 0) is 4.79 Å². The Hall–Kier alpha value is -3.33. The number of halogens is 1. The fourth-order valence-corrected chi connectivity index (χ4v) is 1.78. The number of amides is 3. The quantitative estimate of drug-likeness (QED) is 0.760. The van der Waals surface area contributed by atoms with Gasteiger partial charge in [0.2, 0.25) is 5.91 Å². The molecule has 5 nitrogen and oxygen atoms in total. The van der Waals surface area contributed by atoms with Crippen LogP contribution in [0.4, 0.5) is 20.6 Å². The van der Waals surface area contributed by atoms with Crippen LogP contribution in [0.1, 0.15) is 5.56 Å². The van der Waals surface area contributed by atoms with Crippen LogP contribution >= 0.6 is 0 Å². The predicted octanol–water partition coefficient (Wildman–Crippen LogP) is 2.57. The van der Waals surface area contributed by atoms with E-state index in [0.717, 1.165) is 0 Å². The van der Waals surface area contributed by atoms with Crippen LogP contribution in [-0.4, -0.2) is 18.5 Å². The Bertz CT molecular complexity index is 768. The van der Waals surface area contributed by atoms with Gasteiger partial charge in [0.05, 0.1) is 12.2 Å². The zero-order chi connectivity index (χ0) is 16.7. The summed E-state index contributed by atoms with van der Waals surface area (Å²) in [6, 6.07) is 11.8. The Labute approximate surface area is 132 Å². The first-order valence-corrected chi connectivity index (χ1v) is 6.74. The number of carbonyl (C=O) groups is 2. The molecule has 0 fully saturated rings. The summed E-state index contributed by atoms with van der Waals surface area (Å²) >= 11 is 0. The topological polar surface area (TPSA) is 70.2 Å². The summed E-state index contributed by atoms with van der Waals surface area (Å²) in [7, 11) is 0. The normalized spacial score (nSPS) is 9.57. The molecule has 2 aromatic rings. The SMILES string of the molecule is C#Cc1cccc(NC(=O)CNC(=O)Nc2ccccc2F)c1. The van der Waals surface area contributed by atoms with Crippen LogP contribution in [0.15, 0.2) is 48.5 Å². The highest BCUT2D eigenvalue weighted by molar-refractivity contribution is 5.97. The maximum atomic E-state index is 13.4. The van der Waals surface area contributed by atoms with E-state index < -0.39 is 17.8 Å². The predicted molar refractivity (Wildman–Crippen MR) is 86.4 cm³/mol. The minimum atomic E-state index is -0.678. The number of carbonyl (C=O) groups excluding carboxylic acids is 2. The van der Waals surface area contributed by atoms with Crippen molar-refractivity contribution in [3.8, 4) is 12.3 Å². The second-order valence-electron chi connectivity index (χ2n) is 4.56. The van der Waals surface area contributed by atoms with E-state index in [1.807, 2.05) is 0 Å². The largest absolute Gasteiger partial charge is 0.329 e. The second kappa shape index (κ2) is 7.61. The van der Waals surface area contributed by atoms with Crippen LogP contribution in [0, 0.1) is 18.2 Å². The van der Waals surface area contributed by atoms with Gasteiger partial charge >= 0.3 is 6.03 Å². The minimum absolute atomic E-state index is 0.0344. The maximum Gasteiger partial charge on any atom is 0.319 e. The lowest BCUT2D eigenvalue weighted by Crippen LogP contribution is -2.36. The molecule has 0 spiro atoms. The molecule has 0 atom stereocenters. The van der Waals surface area contributed by atoms with E-state index in [1.54, 1.807) is 30.3 Å². The smallest absolute Gasteiger partial charge is 0.319 e. The molecule has 3 amide bonds. The summed E-state index contributed by atoms with van der Waals surface area (Å²) in [4.78, 5) is 23.4. The summed E-state index contributed by atoms with van der Waals surface area (Å²) in [5, 5.41) is 7.25. The van der Waals surface area contributed by atoms with E-state index in [1.165, 1.54) is 18.2 Å². The number of hydrogen-bond acceptors (Lipinski definition) is 2. The van der Waals surface area contributed by atoms with Crippen molar-refractivity contribution in [2.75, 3.05) is 17.2 Å². The molecule has 0 aliphatic rings. The van der Waals surface area contributed by atoms with E-state index in [2.05, 4.69) is 21.9 Å². The lowest BCUT2D eigenvalue weighted by molar-refractivity contribution is -0.115. The highest BCUT2D eigenvalue weighted by Crippen LogP contribution is 2.12. The summed E-state index contributed by atoms with van der Waals surface area (Å²) in [6.45, 7) is -0.263. The summed E-state index contributed by atoms with van der Waals surface area (Å²) in [5.41, 5.74) is 1.20. The van der Waals surface area contributed by atoms with Gasteiger partial charge in [0.1, 0.15) is 5.82 Å². The van der Waals surface area contributed by atoms with Gasteiger partial charge in [-0.25, -0.2) is 9.18 Å². The number of anilines is 2. The Morgan fingerprint density at radius 2 is 1.87 bits per heavy atom. The van der Waals surface area contributed by atoms with E-state index in [0.29, 0.717) is 11.3 Å². The second-order valence-corrected chi connectivity index (χ2v) is 4.56. The molecule has 0 unspecified atom stereocenters. The Kier molecular flexibility index (Phi) is 5.31. The van der Waals surface area contributed by atoms with Crippen molar-refractivity contribution >= 4 is 23.3 Å². The van der Waals surface area contributed by atoms with Crippen molar-refractivity contribution in [2.45, 2.75) is 0 Å². The van der Waals surface area contributed by atoms with Crippen LogP contribution in [0.25, 0.3) is 0 Å². The number of hydrogen-bond donors (Lipinski definition) is 3. The number of terminal acetylenes is 1. The van der Waals surface area contributed by atoms with Crippen molar-refractivity contribution in [1.29, 1.82) is 0 Å². The molecule has 2 rings (SSSR count). The Balaban J connectivity index is 1.83. The van der Waals surface area contributed by atoms with Gasteiger partial charge in [-0.3, -0.25) is 4.79 Å². The molecular weight excluding hydrogens is 297 g/mol. The molecule has 116 valence electrons. The minimum Gasteiger partial charge on any atom is -0.329 e. The number of benzene rings is 2. The zero-order valence-electron chi connectivity index (χ0n) is 12.1. The highest BCUT2D eigenvalue weighted by Gasteiger charge is 2.08. The van der Waals surface area contributed by atoms with Gasteiger partial charge < -0.3 is 16.0 Å². The summed E-state index contributed by atoms with van der Waals surface area (Å²) < 4.78 is 13.4. The van der Waals surface area contributed by atoms with Crippen molar-refractivity contribution < 1.29 is 14.0 Å². The first kappa shape index (κ1) is 16.0. The van der Waals surface area contributed by atoms with E-state index in [9.17, 15) is 14.0 Å². The molecular formula is C17H14FN3O2. The Morgan fingerprint density at radius 3 is 2.61 bits per heavy atom. The summed E-state index contributed by atoms with van der Waals surface area (Å²) in [5.74, 6) is 1.47. The third-order valence-corrected chi connectivity index (χ3v) is 2.84. The monoisotopic (exact) mass is 311 g/mol. The first-order chi connectivity index (χ1) is 11.1. The number of rotatable bonds is 4. The average Bonchev–Trinajstić information content (AvgIpc) is 2.55. The third-order valence-electron chi connectivity index (χ3n) is 2.84. The van der Waals surface area contributed by atoms with E-state index >= 15 is 0 Å². The number of nitrogens with one attached hydrogen (secondary N) is 3. The molecule has 2 aromatic carbocycles. The van der Waals surface area contributed by atoms with Gasteiger partial charge in [-0.1, -0.05) is 24.1 Å². The van der Waals surface area contributed by atoms with Crippen LogP contribution in [0.5, 0.6) is 0 Å². The third kappa shape index (κ3) is 4.86. The van der Waals surface area contributed by atoms with Gasteiger partial charge in [0, 0.05) is 11.3 Å². The van der Waals surface area contributed by atoms with E-state index in [-0.39, 0.29) is 12.2 Å². The molecule has 0 aromatic heterocycles. The van der Waals surface area contributed by atoms with Crippen molar-refractivity contribution in [1.82, 2.24) is 5.32 Å². The summed E-state index contributed by atoms with van der Waals surface area (Å²) in [6.07, 6.45) is 5.27. The van der Waals surface area contributed by atoms with Gasteiger partial charge in [-0.05, 0) is 30.3 Å². The van der Waals surface area contributed by atoms with Gasteiger partial charge in [-0.2, -0.15) is 0 Å². The van der Waals surface area contributed by atoms with Crippen molar-refractivity contribution in [3.05, 3.63) is 59.9 Å². The molecule has 0 aliphatic carbocycles. The van der Waals surface area contributed by atoms with Crippen molar-refractivity contribution in [3.63, 3.8) is 0 Å². The van der Waals surface area contributed by atoms with Gasteiger partial charge in [-0.15, -0.1) is 6.42 Å². The zero-order valence-corrected chi connectivity index (χ0v) is 12.1. The molecule has 3 N–H and O–H groups in total. The standard InChI is InChI=1S/C17H14FN3O2/c1-2-12-6-5-7-13(10-12)20-16(22)11-19-17(23)21-15-9-4-3-8-14(15)18/h1,3-10H,11H2,(H,20,22)(H2,19,21,23). The Morgan fingerprint density at radius 1 is 1.09 bits per heavy atom. The molecule has 23 heavy (non-hydrogen) atoms. The van der Waals surface area contributed by atoms with Crippen LogP contribution < -0.4 is 16.0 Å². The molecule has 0 radical (unpaired) electrons. The van der Waals surface area contributed by atoms with Crippen LogP contribution in [0.3, 0.4) is 0 Å². The molecule has 0 saturated carbocycles. The van der Waals surface area contributed by atoms with Gasteiger partial charge in [0.25, 0.3) is 0 Å². The highest BCUT2D eigenvalue weighted by atomic mass is 19.1. The first-order valence-electron chi connectivity index (χ1n) is 6.74. The van der Waals surface area contributed by atoms with Crippen LogP contribution in [0.2, 0.25) is 0 Å². The van der Waals surface area contributed by atoms with E-state index in [4.69, 9.17) is 6.42 Å². The molecule has 0 saturated heterocycles. The van der Waals surface area contributed by atoms with Crippen molar-refractivity contribution in [2.24, 2.45) is 0 Å². The lowest BCUT2D eigenvalue weighted by Gasteiger charge is -2.09. The molecule has 0 aliphatic heterocycles. The maximum absolute atomic E-state index is 13.4. The fraction of sp³-hybridized carbons (Fsp3) is 0.0588. The number of para-hydroxylation sites is 1. The molecule has 0 heterocycles. The van der Waals surface area contributed by atoms with Gasteiger partial charge in [0.15, 0.2) is 0 Å². The molecule has 6 heteroatoms.